The number of fused-ring (bicyclic) bond motifs is 7. The molecule has 5 heteroatoms. The smallest absolute Gasteiger partial charge is 0.283 e. The van der Waals surface area contributed by atoms with Crippen LogP contribution in [0.5, 0.6) is 0 Å². The molecule has 1 saturated heterocycles. The third-order valence-electron chi connectivity index (χ3n) is 9.73. The van der Waals surface area contributed by atoms with Crippen molar-refractivity contribution < 1.29 is 24.4 Å². The molecule has 0 bridgehead atoms. The van der Waals surface area contributed by atoms with Gasteiger partial charge in [-0.2, -0.15) is 0 Å². The van der Waals surface area contributed by atoms with E-state index in [1.165, 1.54) is 12.0 Å². The fraction of sp³-hybridized carbons (Fsp3) is 0.833. The number of methoxy groups -OCH3 is 2. The first kappa shape index (κ1) is 19.9. The molecule has 0 radical (unpaired) electrons. The highest BCUT2D eigenvalue weighted by atomic mass is 16.7. The fourth-order valence-corrected chi connectivity index (χ4v) is 8.27. The minimum atomic E-state index is -0.438. The Morgan fingerprint density at radius 1 is 1.17 bits per heavy atom. The molecule has 8 atom stereocenters. The van der Waals surface area contributed by atoms with Gasteiger partial charge in [0.2, 0.25) is 0 Å². The molecule has 5 nitrogen and oxygen atoms in total. The summed E-state index contributed by atoms with van der Waals surface area (Å²) in [6.45, 7) is 4.74. The highest BCUT2D eigenvalue weighted by Crippen LogP contribution is 2.75. The zero-order valence-corrected chi connectivity index (χ0v) is 18.2. The van der Waals surface area contributed by atoms with Crippen LogP contribution >= 0.6 is 0 Å². The summed E-state index contributed by atoms with van der Waals surface area (Å²) in [6.07, 6.45) is 9.82. The summed E-state index contributed by atoms with van der Waals surface area (Å²) in [5.41, 5.74) is 2.09. The Bertz CT molecular complexity index is 752. The first-order valence-electron chi connectivity index (χ1n) is 11.3. The lowest BCUT2D eigenvalue weighted by Crippen LogP contribution is -2.53. The number of hydrogen-bond acceptors (Lipinski definition) is 5. The molecule has 4 fully saturated rings. The number of rotatable bonds is 4. The van der Waals surface area contributed by atoms with Gasteiger partial charge in [0, 0.05) is 5.41 Å². The summed E-state index contributed by atoms with van der Waals surface area (Å²) >= 11 is 0. The van der Waals surface area contributed by atoms with Gasteiger partial charge in [-0.3, -0.25) is 0 Å². The predicted molar refractivity (Wildman–Crippen MR) is 109 cm³/mol. The highest BCUT2D eigenvalue weighted by Gasteiger charge is 2.79. The van der Waals surface area contributed by atoms with Gasteiger partial charge >= 0.3 is 0 Å². The van der Waals surface area contributed by atoms with Crippen LogP contribution in [0, 0.1) is 28.6 Å². The molecular formula is C24H36O5. The maximum absolute atomic E-state index is 10.2. The number of ether oxygens (including phenoxy) is 3. The Labute approximate surface area is 174 Å². The first-order valence-corrected chi connectivity index (χ1v) is 11.3. The molecule has 0 aromatic heterocycles. The molecule has 162 valence electrons. The van der Waals surface area contributed by atoms with Crippen LogP contribution in [0.3, 0.4) is 0 Å². The van der Waals surface area contributed by atoms with Crippen molar-refractivity contribution in [3.8, 4) is 0 Å². The van der Waals surface area contributed by atoms with Gasteiger partial charge in [-0.05, 0) is 68.1 Å². The van der Waals surface area contributed by atoms with Gasteiger partial charge in [0.15, 0.2) is 0 Å². The van der Waals surface area contributed by atoms with Crippen LogP contribution in [-0.2, 0) is 14.2 Å². The lowest BCUT2D eigenvalue weighted by atomic mass is 9.47. The van der Waals surface area contributed by atoms with Crippen LogP contribution in [0.1, 0.15) is 58.8 Å². The van der Waals surface area contributed by atoms with Crippen molar-refractivity contribution in [2.24, 2.45) is 28.6 Å². The van der Waals surface area contributed by atoms with Crippen molar-refractivity contribution in [2.45, 2.75) is 76.6 Å². The Balaban J connectivity index is 1.51. The molecular weight excluding hydrogens is 368 g/mol. The van der Waals surface area contributed by atoms with Gasteiger partial charge in [0.05, 0.1) is 38.6 Å². The molecule has 3 saturated carbocycles. The summed E-state index contributed by atoms with van der Waals surface area (Å²) in [5.74, 6) is 2.34. The number of allylic oxidation sites excluding steroid dienone is 1. The Kier molecular flexibility index (Phi) is 4.44. The van der Waals surface area contributed by atoms with Crippen molar-refractivity contribution in [1.29, 1.82) is 0 Å². The van der Waals surface area contributed by atoms with Crippen LogP contribution in [0.2, 0.25) is 0 Å². The molecule has 0 unspecified atom stereocenters. The summed E-state index contributed by atoms with van der Waals surface area (Å²) in [6, 6.07) is 0. The van der Waals surface area contributed by atoms with Crippen LogP contribution in [-0.4, -0.2) is 48.8 Å². The molecule has 0 aromatic rings. The number of hydrogen-bond donors (Lipinski definition) is 2. The van der Waals surface area contributed by atoms with Crippen molar-refractivity contribution in [3.05, 3.63) is 23.2 Å². The highest BCUT2D eigenvalue weighted by molar-refractivity contribution is 5.40. The van der Waals surface area contributed by atoms with E-state index in [0.717, 1.165) is 44.1 Å². The van der Waals surface area contributed by atoms with E-state index in [-0.39, 0.29) is 29.6 Å². The van der Waals surface area contributed by atoms with E-state index >= 15 is 0 Å². The summed E-state index contributed by atoms with van der Waals surface area (Å²) < 4.78 is 17.3. The molecule has 29 heavy (non-hydrogen) atoms. The summed E-state index contributed by atoms with van der Waals surface area (Å²) in [5, 5.41) is 20.4. The van der Waals surface area contributed by atoms with E-state index in [2.05, 4.69) is 19.9 Å². The first-order chi connectivity index (χ1) is 13.9. The number of epoxide rings is 1. The van der Waals surface area contributed by atoms with Crippen molar-refractivity contribution in [1.82, 2.24) is 0 Å². The van der Waals surface area contributed by atoms with E-state index < -0.39 is 5.60 Å². The lowest BCUT2D eigenvalue weighted by Gasteiger charge is -2.58. The van der Waals surface area contributed by atoms with Crippen molar-refractivity contribution in [3.63, 3.8) is 0 Å². The van der Waals surface area contributed by atoms with Crippen molar-refractivity contribution in [2.75, 3.05) is 20.8 Å². The van der Waals surface area contributed by atoms with Crippen molar-refractivity contribution >= 4 is 0 Å². The third kappa shape index (κ3) is 2.38. The molecule has 4 aliphatic carbocycles. The quantitative estimate of drug-likeness (QED) is 0.426. The molecule has 2 N–H and O–H groups in total. The molecule has 1 aliphatic heterocycles. The van der Waals surface area contributed by atoms with Gasteiger partial charge < -0.3 is 24.4 Å². The molecule has 5 aliphatic rings. The Morgan fingerprint density at radius 2 is 1.93 bits per heavy atom. The van der Waals surface area contributed by atoms with Crippen LogP contribution in [0.25, 0.3) is 0 Å². The largest absolute Gasteiger partial charge is 0.469 e. The minimum absolute atomic E-state index is 0.00487. The van der Waals surface area contributed by atoms with E-state index in [4.69, 9.17) is 14.2 Å². The SMILES string of the molecule is COC(OC)=C(CO)[C@@]12O[C@@H]1C[C@H]1[C@@H]3CC=C4C[C@H](O)CC[C@]4(C)[C@H]3CC[C@@]12C. The van der Waals surface area contributed by atoms with E-state index in [9.17, 15) is 10.2 Å². The number of aliphatic hydroxyl groups is 2. The topological polar surface area (TPSA) is 71.5 Å². The standard InChI is InChI=1S/C24H36O5/c1-22-9-7-15(26)11-14(22)5-6-16-17(22)8-10-23(2)18(16)12-20-24(23,29-20)19(13-25)21(27-3)28-4/h5,15-18,20,25-26H,6-13H2,1-4H3/t15-,16-,17+,18+,20-,22+,23+,24-/m1/s1. The number of aliphatic hydroxyl groups excluding tert-OH is 2. The maximum atomic E-state index is 10.2. The van der Waals surface area contributed by atoms with Gasteiger partial charge in [-0.1, -0.05) is 25.5 Å². The summed E-state index contributed by atoms with van der Waals surface area (Å²) in [7, 11) is 3.19. The monoisotopic (exact) mass is 404 g/mol. The zero-order chi connectivity index (χ0) is 20.6. The van der Waals surface area contributed by atoms with E-state index in [1.807, 2.05) is 0 Å². The van der Waals surface area contributed by atoms with Gasteiger partial charge in [-0.15, -0.1) is 0 Å². The molecule has 1 heterocycles. The van der Waals surface area contributed by atoms with Crippen LogP contribution < -0.4 is 0 Å². The van der Waals surface area contributed by atoms with E-state index in [1.54, 1.807) is 14.2 Å². The van der Waals surface area contributed by atoms with Crippen LogP contribution in [0.15, 0.2) is 23.2 Å². The van der Waals surface area contributed by atoms with Gasteiger partial charge in [-0.25, -0.2) is 0 Å². The molecule has 0 spiro atoms. The Morgan fingerprint density at radius 3 is 2.62 bits per heavy atom. The normalized spacial score (nSPS) is 49.7. The second kappa shape index (κ2) is 6.48. The summed E-state index contributed by atoms with van der Waals surface area (Å²) in [4.78, 5) is 0. The Hall–Kier alpha value is -1.04. The molecule has 5 rings (SSSR count). The fourth-order valence-electron chi connectivity index (χ4n) is 8.27. The van der Waals surface area contributed by atoms with E-state index in [0.29, 0.717) is 23.7 Å². The third-order valence-corrected chi connectivity index (χ3v) is 9.73. The predicted octanol–water partition coefficient (Wildman–Crippen LogP) is 3.55. The maximum Gasteiger partial charge on any atom is 0.283 e. The average Bonchev–Trinajstić information content (AvgIpc) is 3.37. The van der Waals surface area contributed by atoms with Gasteiger partial charge in [0.1, 0.15) is 5.60 Å². The van der Waals surface area contributed by atoms with Crippen LogP contribution in [0.4, 0.5) is 0 Å². The molecule has 0 amide bonds. The minimum Gasteiger partial charge on any atom is -0.469 e. The second-order valence-corrected chi connectivity index (χ2v) is 10.5. The second-order valence-electron chi connectivity index (χ2n) is 10.5. The zero-order valence-electron chi connectivity index (χ0n) is 18.2. The average molecular weight is 405 g/mol. The van der Waals surface area contributed by atoms with Gasteiger partial charge in [0.25, 0.3) is 5.95 Å². The lowest BCUT2D eigenvalue weighted by molar-refractivity contribution is -0.0791. The molecule has 0 aromatic carbocycles.